The van der Waals surface area contributed by atoms with Crippen molar-refractivity contribution < 1.29 is 18.1 Å². The molecular formula is C18H25N5O5S. The Morgan fingerprint density at radius 3 is 2.34 bits per heavy atom. The minimum atomic E-state index is -3.75. The van der Waals surface area contributed by atoms with Gasteiger partial charge in [-0.25, -0.2) is 13.8 Å². The molecule has 2 aliphatic heterocycles. The minimum absolute atomic E-state index is 0.0228. The number of hydrazine groups is 1. The lowest BCUT2D eigenvalue weighted by Crippen LogP contribution is -2.55. The Balaban J connectivity index is 1.38. The summed E-state index contributed by atoms with van der Waals surface area (Å²) in [4.78, 5) is 24.9. The fraction of sp³-hybridized carbons (Fsp3) is 0.611. The van der Waals surface area contributed by atoms with Crippen molar-refractivity contribution in [2.45, 2.75) is 42.7 Å². The molecule has 0 radical (unpaired) electrons. The topological polar surface area (TPSA) is 125 Å². The monoisotopic (exact) mass is 423 g/mol. The number of nitrogens with one attached hydrogen (secondary N) is 2. The van der Waals surface area contributed by atoms with E-state index in [2.05, 4.69) is 10.9 Å². The average molecular weight is 423 g/mol. The Morgan fingerprint density at radius 2 is 1.69 bits per heavy atom. The van der Waals surface area contributed by atoms with Crippen LogP contribution in [0.3, 0.4) is 0 Å². The minimum Gasteiger partial charge on any atom is -0.339 e. The van der Waals surface area contributed by atoms with Gasteiger partial charge >= 0.3 is 0 Å². The number of fused-ring (bicyclic) bond motifs is 1. The van der Waals surface area contributed by atoms with Gasteiger partial charge in [-0.1, -0.05) is 12.8 Å². The first-order chi connectivity index (χ1) is 13.9. The first-order valence-electron chi connectivity index (χ1n) is 9.92. The molecular weight excluding hydrogens is 398 g/mol. The van der Waals surface area contributed by atoms with E-state index < -0.39 is 14.9 Å². The number of non-ortho nitro benzene ring substituents is 1. The van der Waals surface area contributed by atoms with Crippen LogP contribution >= 0.6 is 0 Å². The van der Waals surface area contributed by atoms with Crippen molar-refractivity contribution in [1.29, 1.82) is 0 Å². The summed E-state index contributed by atoms with van der Waals surface area (Å²) < 4.78 is 27.0. The number of nitro benzene ring substituents is 1. The van der Waals surface area contributed by atoms with Gasteiger partial charge in [0, 0.05) is 50.3 Å². The number of rotatable bonds is 4. The molecule has 1 aromatic carbocycles. The Hall–Kier alpha value is -2.08. The smallest absolute Gasteiger partial charge is 0.269 e. The molecule has 3 fully saturated rings. The van der Waals surface area contributed by atoms with E-state index >= 15 is 0 Å². The molecule has 1 saturated carbocycles. The zero-order chi connectivity index (χ0) is 20.6. The molecule has 2 N–H and O–H groups in total. The lowest BCUT2D eigenvalue weighted by Gasteiger charge is -2.36. The van der Waals surface area contributed by atoms with Crippen molar-refractivity contribution in [2.75, 3.05) is 26.2 Å². The molecule has 11 heteroatoms. The summed E-state index contributed by atoms with van der Waals surface area (Å²) >= 11 is 0. The van der Waals surface area contributed by atoms with Gasteiger partial charge in [-0.2, -0.15) is 4.31 Å². The predicted molar refractivity (Wildman–Crippen MR) is 104 cm³/mol. The van der Waals surface area contributed by atoms with Gasteiger partial charge < -0.3 is 4.90 Å². The van der Waals surface area contributed by atoms with Crippen LogP contribution in [0, 0.1) is 16.0 Å². The summed E-state index contributed by atoms with van der Waals surface area (Å²) in [7, 11) is -3.75. The van der Waals surface area contributed by atoms with Gasteiger partial charge in [0.05, 0.1) is 9.82 Å². The molecule has 4 rings (SSSR count). The van der Waals surface area contributed by atoms with Crippen molar-refractivity contribution in [3.63, 3.8) is 0 Å². The fourth-order valence-corrected chi connectivity index (χ4v) is 5.94. The number of hydrogen-bond donors (Lipinski definition) is 2. The van der Waals surface area contributed by atoms with Crippen molar-refractivity contribution >= 4 is 21.6 Å². The van der Waals surface area contributed by atoms with Crippen LogP contribution in [0.2, 0.25) is 0 Å². The van der Waals surface area contributed by atoms with Crippen LogP contribution in [0.15, 0.2) is 29.2 Å². The second kappa shape index (κ2) is 7.98. The first-order valence-corrected chi connectivity index (χ1v) is 11.4. The zero-order valence-electron chi connectivity index (χ0n) is 16.0. The summed E-state index contributed by atoms with van der Waals surface area (Å²) in [6.07, 6.45) is 4.41. The van der Waals surface area contributed by atoms with Crippen molar-refractivity contribution in [3.8, 4) is 0 Å². The number of amides is 1. The van der Waals surface area contributed by atoms with E-state index in [0.717, 1.165) is 19.3 Å². The number of carbonyl (C=O) groups is 1. The zero-order valence-corrected chi connectivity index (χ0v) is 16.8. The van der Waals surface area contributed by atoms with E-state index in [9.17, 15) is 23.3 Å². The number of sulfonamides is 1. The molecule has 1 aliphatic carbocycles. The summed E-state index contributed by atoms with van der Waals surface area (Å²) in [5, 5.41) is 10.8. The van der Waals surface area contributed by atoms with Crippen LogP contribution < -0.4 is 10.9 Å². The number of hydrogen-bond acceptors (Lipinski definition) is 7. The third-order valence-electron chi connectivity index (χ3n) is 6.17. The van der Waals surface area contributed by atoms with Crippen LogP contribution in [0.4, 0.5) is 5.69 Å². The van der Waals surface area contributed by atoms with Gasteiger partial charge in [-0.3, -0.25) is 20.3 Å². The maximum Gasteiger partial charge on any atom is 0.269 e. The van der Waals surface area contributed by atoms with E-state index in [1.54, 1.807) is 4.90 Å². The highest BCUT2D eigenvalue weighted by molar-refractivity contribution is 7.89. The average Bonchev–Trinajstić information content (AvgIpc) is 3.17. The first kappa shape index (κ1) is 20.2. The molecule has 3 unspecified atom stereocenters. The molecule has 10 nitrogen and oxygen atoms in total. The Bertz CT molecular complexity index is 882. The summed E-state index contributed by atoms with van der Waals surface area (Å²) in [6.45, 7) is 1.08. The maximum atomic E-state index is 13.0. The molecule has 2 heterocycles. The van der Waals surface area contributed by atoms with E-state index in [1.807, 2.05) is 0 Å². The molecule has 0 bridgehead atoms. The quantitative estimate of drug-likeness (QED) is 0.532. The summed E-state index contributed by atoms with van der Waals surface area (Å²) in [6, 6.07) is 4.96. The fourth-order valence-electron chi connectivity index (χ4n) is 4.52. The van der Waals surface area contributed by atoms with Gasteiger partial charge in [-0.05, 0) is 25.0 Å². The molecule has 0 spiro atoms. The lowest BCUT2D eigenvalue weighted by atomic mass is 9.81. The lowest BCUT2D eigenvalue weighted by molar-refractivity contribution is -0.384. The van der Waals surface area contributed by atoms with E-state index in [4.69, 9.17) is 0 Å². The molecule has 1 amide bonds. The van der Waals surface area contributed by atoms with Crippen molar-refractivity contribution in [3.05, 3.63) is 34.4 Å². The van der Waals surface area contributed by atoms with E-state index in [1.165, 1.54) is 35.0 Å². The third-order valence-corrected chi connectivity index (χ3v) is 8.09. The van der Waals surface area contributed by atoms with Crippen LogP contribution in [-0.4, -0.2) is 66.7 Å². The summed E-state index contributed by atoms with van der Waals surface area (Å²) in [5.41, 5.74) is 6.24. The van der Waals surface area contributed by atoms with E-state index in [0.29, 0.717) is 19.1 Å². The largest absolute Gasteiger partial charge is 0.339 e. The molecule has 0 aromatic heterocycles. The normalized spacial score (nSPS) is 28.1. The third kappa shape index (κ3) is 3.87. The number of nitro groups is 1. The van der Waals surface area contributed by atoms with Crippen LogP contribution in [0.5, 0.6) is 0 Å². The molecule has 1 aromatic rings. The van der Waals surface area contributed by atoms with E-state index in [-0.39, 0.29) is 41.5 Å². The molecule has 29 heavy (non-hydrogen) atoms. The summed E-state index contributed by atoms with van der Waals surface area (Å²) in [5.74, 6) is 0.317. The second-order valence-electron chi connectivity index (χ2n) is 7.80. The van der Waals surface area contributed by atoms with Crippen molar-refractivity contribution in [2.24, 2.45) is 5.92 Å². The van der Waals surface area contributed by atoms with Crippen molar-refractivity contribution in [1.82, 2.24) is 20.1 Å². The highest BCUT2D eigenvalue weighted by Gasteiger charge is 2.43. The second-order valence-corrected chi connectivity index (χ2v) is 9.74. The molecule has 3 atom stereocenters. The van der Waals surface area contributed by atoms with Gasteiger partial charge in [0.15, 0.2) is 0 Å². The molecule has 2 saturated heterocycles. The van der Waals surface area contributed by atoms with Gasteiger partial charge in [0.1, 0.15) is 6.04 Å². The predicted octanol–water partition coefficient (Wildman–Crippen LogP) is 0.463. The Labute approximate surface area is 169 Å². The Kier molecular flexibility index (Phi) is 5.56. The Morgan fingerprint density at radius 1 is 1.03 bits per heavy atom. The highest BCUT2D eigenvalue weighted by atomic mass is 32.2. The van der Waals surface area contributed by atoms with Crippen LogP contribution in [0.25, 0.3) is 0 Å². The van der Waals surface area contributed by atoms with Crippen LogP contribution in [0.1, 0.15) is 25.7 Å². The number of carbonyl (C=O) groups excluding carboxylic acids is 1. The molecule has 3 aliphatic rings. The standard InChI is InChI=1S/C18H25N5O5S/c24-18(17-15-3-1-2-4-16(15)19-20-17)21-9-11-22(12-10-21)29(27,28)14-7-5-13(6-8-14)23(25)26/h5-8,15-17,19-20H,1-4,9-12H2. The van der Waals surface area contributed by atoms with Gasteiger partial charge in [-0.15, -0.1) is 0 Å². The number of piperazine rings is 1. The number of benzene rings is 1. The SMILES string of the molecule is O=C(C1NNC2CCCCC21)N1CCN(S(=O)(=O)c2ccc([N+](=O)[O-])cc2)CC1. The van der Waals surface area contributed by atoms with Crippen LogP contribution in [-0.2, 0) is 14.8 Å². The van der Waals surface area contributed by atoms with Gasteiger partial charge in [0.25, 0.3) is 5.69 Å². The highest BCUT2D eigenvalue weighted by Crippen LogP contribution is 2.31. The number of nitrogens with zero attached hydrogens (tertiary/aromatic N) is 3. The van der Waals surface area contributed by atoms with Gasteiger partial charge in [0.2, 0.25) is 15.9 Å². The molecule has 158 valence electrons. The maximum absolute atomic E-state index is 13.0.